The molecule has 1 aliphatic rings. The van der Waals surface area contributed by atoms with Crippen LogP contribution in [0.2, 0.25) is 0 Å². The number of nitrogens with zero attached hydrogens (tertiary/aromatic N) is 2. The van der Waals surface area contributed by atoms with Gasteiger partial charge in [0.15, 0.2) is 5.96 Å². The lowest BCUT2D eigenvalue weighted by molar-refractivity contribution is 0.584. The summed E-state index contributed by atoms with van der Waals surface area (Å²) in [4.78, 5) is 10.0. The number of guanidine groups is 1. The van der Waals surface area contributed by atoms with E-state index in [4.69, 9.17) is 0 Å². The van der Waals surface area contributed by atoms with Crippen LogP contribution in [0.4, 0.5) is 0 Å². The fourth-order valence-electron chi connectivity index (χ4n) is 2.89. The van der Waals surface area contributed by atoms with Gasteiger partial charge in [-0.05, 0) is 31.4 Å². The van der Waals surface area contributed by atoms with Crippen LogP contribution in [-0.4, -0.2) is 24.5 Å². The lowest BCUT2D eigenvalue weighted by Crippen LogP contribution is -2.40. The van der Waals surface area contributed by atoms with Crippen LogP contribution < -0.4 is 10.6 Å². The molecule has 1 aliphatic carbocycles. The van der Waals surface area contributed by atoms with E-state index in [9.17, 15) is 0 Å². The van der Waals surface area contributed by atoms with Gasteiger partial charge in [0.25, 0.3) is 0 Å². The molecule has 1 heterocycles. The Labute approximate surface area is 158 Å². The summed E-state index contributed by atoms with van der Waals surface area (Å²) in [7, 11) is 1.81. The van der Waals surface area contributed by atoms with Crippen LogP contribution in [0.1, 0.15) is 32.6 Å². The molecule has 0 fully saturated rings. The number of hydrogen-bond acceptors (Lipinski definition) is 3. The molecule has 4 nitrogen and oxygen atoms in total. The second-order valence-electron chi connectivity index (χ2n) is 5.65. The number of hydrogen-bond donors (Lipinski definition) is 2. The zero-order valence-corrected chi connectivity index (χ0v) is 16.9. The number of halogens is 1. The van der Waals surface area contributed by atoms with Crippen molar-refractivity contribution in [2.24, 2.45) is 4.99 Å². The zero-order chi connectivity index (χ0) is 15.5. The van der Waals surface area contributed by atoms with Gasteiger partial charge in [0, 0.05) is 24.4 Å². The van der Waals surface area contributed by atoms with E-state index in [1.54, 1.807) is 11.3 Å². The van der Waals surface area contributed by atoms with Gasteiger partial charge in [0.1, 0.15) is 0 Å². The van der Waals surface area contributed by atoms with Crippen LogP contribution in [0.25, 0.3) is 0 Å². The molecular weight excluding hydrogens is 419 g/mol. The Hall–Kier alpha value is -1.15. The summed E-state index contributed by atoms with van der Waals surface area (Å²) < 4.78 is 0. The average molecular weight is 442 g/mol. The fraction of sp³-hybridized carbons (Fsp3) is 0.412. The van der Waals surface area contributed by atoms with Gasteiger partial charge in [0.2, 0.25) is 0 Å². The van der Waals surface area contributed by atoms with Gasteiger partial charge in [-0.15, -0.1) is 35.3 Å². The fourth-order valence-corrected chi connectivity index (χ4v) is 3.76. The summed E-state index contributed by atoms with van der Waals surface area (Å²) in [5.41, 5.74) is 4.06. The Balaban J connectivity index is 0.00000192. The van der Waals surface area contributed by atoms with Crippen molar-refractivity contribution in [1.29, 1.82) is 0 Å². The molecule has 0 saturated carbocycles. The predicted octanol–water partition coefficient (Wildman–Crippen LogP) is 3.38. The standard InChI is InChI=1S/C17H22N4S.HI/c1-11-16(22-12(2)21-11)10-20-17(18-3)19-9-14-8-13-6-4-5-7-15(13)14;/h4-7,14H,8-10H2,1-3H3,(H2,18,19,20);1H. The average Bonchev–Trinajstić information content (AvgIpc) is 2.81. The first-order valence-electron chi connectivity index (χ1n) is 7.62. The number of thiazole rings is 1. The predicted molar refractivity (Wildman–Crippen MR) is 108 cm³/mol. The molecule has 2 aromatic rings. The highest BCUT2D eigenvalue weighted by atomic mass is 127. The Morgan fingerprint density at radius 2 is 2.09 bits per heavy atom. The van der Waals surface area contributed by atoms with Gasteiger partial charge in [-0.25, -0.2) is 4.98 Å². The maximum absolute atomic E-state index is 4.45. The van der Waals surface area contributed by atoms with Crippen LogP contribution in [0, 0.1) is 13.8 Å². The van der Waals surface area contributed by atoms with E-state index in [0.717, 1.165) is 36.2 Å². The number of aliphatic imine (C=N–C) groups is 1. The topological polar surface area (TPSA) is 49.3 Å². The number of fused-ring (bicyclic) bond motifs is 1. The van der Waals surface area contributed by atoms with Gasteiger partial charge < -0.3 is 10.6 Å². The van der Waals surface area contributed by atoms with E-state index in [2.05, 4.69) is 51.8 Å². The number of benzene rings is 1. The van der Waals surface area contributed by atoms with E-state index in [-0.39, 0.29) is 24.0 Å². The van der Waals surface area contributed by atoms with Crippen LogP contribution >= 0.6 is 35.3 Å². The molecule has 0 radical (unpaired) electrons. The molecule has 3 rings (SSSR count). The van der Waals surface area contributed by atoms with Crippen LogP contribution in [-0.2, 0) is 13.0 Å². The molecule has 1 atom stereocenters. The molecule has 23 heavy (non-hydrogen) atoms. The quantitative estimate of drug-likeness (QED) is 0.434. The third-order valence-corrected chi connectivity index (χ3v) is 5.19. The smallest absolute Gasteiger partial charge is 0.191 e. The Morgan fingerprint density at radius 1 is 1.30 bits per heavy atom. The van der Waals surface area contributed by atoms with Crippen LogP contribution in [0.5, 0.6) is 0 Å². The first kappa shape index (κ1) is 18.2. The third-order valence-electron chi connectivity index (χ3n) is 4.12. The lowest BCUT2D eigenvalue weighted by atomic mass is 9.78. The summed E-state index contributed by atoms with van der Waals surface area (Å²) in [5, 5.41) is 7.92. The molecular formula is C17H23IN4S. The number of rotatable bonds is 4. The molecule has 0 saturated heterocycles. The lowest BCUT2D eigenvalue weighted by Gasteiger charge is -2.30. The highest BCUT2D eigenvalue weighted by Crippen LogP contribution is 2.33. The van der Waals surface area contributed by atoms with Crippen molar-refractivity contribution in [3.63, 3.8) is 0 Å². The molecule has 6 heteroatoms. The number of aromatic nitrogens is 1. The van der Waals surface area contributed by atoms with E-state index < -0.39 is 0 Å². The molecule has 1 aromatic carbocycles. The molecule has 124 valence electrons. The van der Waals surface area contributed by atoms with Gasteiger partial charge in [-0.2, -0.15) is 0 Å². The van der Waals surface area contributed by atoms with Crippen molar-refractivity contribution in [2.45, 2.75) is 32.7 Å². The number of nitrogens with one attached hydrogen (secondary N) is 2. The summed E-state index contributed by atoms with van der Waals surface area (Å²) in [5.74, 6) is 1.46. The van der Waals surface area contributed by atoms with Crippen molar-refractivity contribution in [3.8, 4) is 0 Å². The van der Waals surface area contributed by atoms with Gasteiger partial charge in [-0.3, -0.25) is 4.99 Å². The van der Waals surface area contributed by atoms with E-state index in [1.807, 2.05) is 14.0 Å². The van der Waals surface area contributed by atoms with E-state index in [0.29, 0.717) is 5.92 Å². The Kier molecular flexibility index (Phi) is 6.41. The first-order valence-corrected chi connectivity index (χ1v) is 8.44. The molecule has 0 bridgehead atoms. The van der Waals surface area contributed by atoms with E-state index >= 15 is 0 Å². The molecule has 0 amide bonds. The summed E-state index contributed by atoms with van der Waals surface area (Å²) in [6.07, 6.45) is 1.16. The third kappa shape index (κ3) is 4.23. The van der Waals surface area contributed by atoms with Gasteiger partial charge in [-0.1, -0.05) is 24.3 Å². The van der Waals surface area contributed by atoms with Crippen molar-refractivity contribution in [1.82, 2.24) is 15.6 Å². The molecule has 0 aliphatic heterocycles. The van der Waals surface area contributed by atoms with Crippen LogP contribution in [0.15, 0.2) is 29.3 Å². The normalized spacial score (nSPS) is 16.1. The highest BCUT2D eigenvalue weighted by Gasteiger charge is 2.25. The minimum atomic E-state index is 0. The Morgan fingerprint density at radius 3 is 2.74 bits per heavy atom. The highest BCUT2D eigenvalue weighted by molar-refractivity contribution is 14.0. The summed E-state index contributed by atoms with van der Waals surface area (Å²) in [6, 6.07) is 8.67. The zero-order valence-electron chi connectivity index (χ0n) is 13.7. The van der Waals surface area contributed by atoms with E-state index in [1.165, 1.54) is 16.0 Å². The maximum Gasteiger partial charge on any atom is 0.191 e. The molecule has 1 aromatic heterocycles. The minimum Gasteiger partial charge on any atom is -0.356 e. The summed E-state index contributed by atoms with van der Waals surface area (Å²) in [6.45, 7) is 5.81. The van der Waals surface area contributed by atoms with Crippen LogP contribution in [0.3, 0.4) is 0 Å². The van der Waals surface area contributed by atoms with Gasteiger partial charge >= 0.3 is 0 Å². The Bertz CT molecular complexity index is 696. The van der Waals surface area contributed by atoms with Crippen molar-refractivity contribution >= 4 is 41.3 Å². The number of aryl methyl sites for hydroxylation is 2. The molecule has 0 spiro atoms. The minimum absolute atomic E-state index is 0. The van der Waals surface area contributed by atoms with Crippen molar-refractivity contribution < 1.29 is 0 Å². The van der Waals surface area contributed by atoms with Gasteiger partial charge in [0.05, 0.1) is 17.2 Å². The molecule has 2 N–H and O–H groups in total. The maximum atomic E-state index is 4.45. The second kappa shape index (κ2) is 8.10. The molecule has 1 unspecified atom stereocenters. The second-order valence-corrected chi connectivity index (χ2v) is 6.94. The van der Waals surface area contributed by atoms with Crippen molar-refractivity contribution in [3.05, 3.63) is 51.0 Å². The monoisotopic (exact) mass is 442 g/mol. The first-order chi connectivity index (χ1) is 10.7. The summed E-state index contributed by atoms with van der Waals surface area (Å²) >= 11 is 1.74. The SMILES string of the molecule is CN=C(NCc1sc(C)nc1C)NCC1Cc2ccccc21.I. The largest absolute Gasteiger partial charge is 0.356 e. The van der Waals surface area contributed by atoms with Crippen molar-refractivity contribution in [2.75, 3.05) is 13.6 Å².